The van der Waals surface area contributed by atoms with Crippen molar-refractivity contribution in [2.45, 2.75) is 25.6 Å². The van der Waals surface area contributed by atoms with E-state index in [1.54, 1.807) is 13.0 Å². The van der Waals surface area contributed by atoms with Crippen molar-refractivity contribution in [3.8, 4) is 0 Å². The zero-order valence-electron chi connectivity index (χ0n) is 11.1. The Kier molecular flexibility index (Phi) is 4.32. The molecule has 1 aliphatic heterocycles. The topological polar surface area (TPSA) is 41.1 Å². The fourth-order valence-electron chi connectivity index (χ4n) is 2.28. The molecular formula is C14H17F3N2O. The van der Waals surface area contributed by atoms with Crippen molar-refractivity contribution >= 4 is 5.91 Å². The molecule has 1 saturated heterocycles. The van der Waals surface area contributed by atoms with Gasteiger partial charge in [0.2, 0.25) is 5.91 Å². The number of halogens is 3. The standard InChI is InChI=1S/C14H17F3N2O/c1-9(19-13(20)11-5-6-18-8-11)10-3-2-4-12(7-10)14(15,16)17/h2-4,7,9,11,18H,5-6,8H2,1H3,(H,19,20). The van der Waals surface area contributed by atoms with Gasteiger partial charge in [0.05, 0.1) is 17.5 Å². The molecule has 0 radical (unpaired) electrons. The summed E-state index contributed by atoms with van der Waals surface area (Å²) in [6.07, 6.45) is -3.60. The van der Waals surface area contributed by atoms with Crippen molar-refractivity contribution in [2.24, 2.45) is 5.92 Å². The second-order valence-corrected chi connectivity index (χ2v) is 5.04. The Morgan fingerprint density at radius 3 is 2.80 bits per heavy atom. The Morgan fingerprint density at radius 2 is 2.20 bits per heavy atom. The summed E-state index contributed by atoms with van der Waals surface area (Å²) in [5, 5.41) is 5.86. The first-order valence-corrected chi connectivity index (χ1v) is 6.56. The van der Waals surface area contributed by atoms with E-state index in [1.807, 2.05) is 0 Å². The summed E-state index contributed by atoms with van der Waals surface area (Å²) in [6.45, 7) is 3.12. The molecule has 2 N–H and O–H groups in total. The lowest BCUT2D eigenvalue weighted by molar-refractivity contribution is -0.137. The van der Waals surface area contributed by atoms with Crippen molar-refractivity contribution in [3.63, 3.8) is 0 Å². The predicted molar refractivity (Wildman–Crippen MR) is 69.0 cm³/mol. The minimum atomic E-state index is -4.37. The number of carbonyl (C=O) groups excluding carboxylic acids is 1. The van der Waals surface area contributed by atoms with Gasteiger partial charge in [-0.1, -0.05) is 12.1 Å². The molecule has 0 aromatic heterocycles. The lowest BCUT2D eigenvalue weighted by Crippen LogP contribution is -2.33. The van der Waals surface area contributed by atoms with E-state index in [2.05, 4.69) is 10.6 Å². The maximum absolute atomic E-state index is 12.6. The molecule has 0 aliphatic carbocycles. The van der Waals surface area contributed by atoms with Crippen molar-refractivity contribution in [1.82, 2.24) is 10.6 Å². The van der Waals surface area contributed by atoms with E-state index >= 15 is 0 Å². The van der Waals surface area contributed by atoms with Crippen LogP contribution in [0.2, 0.25) is 0 Å². The van der Waals surface area contributed by atoms with Gasteiger partial charge in [0, 0.05) is 6.54 Å². The summed E-state index contributed by atoms with van der Waals surface area (Å²) < 4.78 is 37.9. The van der Waals surface area contributed by atoms with Crippen LogP contribution < -0.4 is 10.6 Å². The quantitative estimate of drug-likeness (QED) is 0.896. The van der Waals surface area contributed by atoms with Gasteiger partial charge in [0.25, 0.3) is 0 Å². The third-order valence-electron chi connectivity index (χ3n) is 3.50. The van der Waals surface area contributed by atoms with Crippen LogP contribution >= 0.6 is 0 Å². The first-order valence-electron chi connectivity index (χ1n) is 6.56. The number of hydrogen-bond acceptors (Lipinski definition) is 2. The molecular weight excluding hydrogens is 269 g/mol. The molecule has 2 rings (SSSR count). The molecule has 0 saturated carbocycles. The lowest BCUT2D eigenvalue weighted by Gasteiger charge is -2.18. The molecule has 6 heteroatoms. The second kappa shape index (κ2) is 5.83. The normalized spacial score (nSPS) is 20.7. The van der Waals surface area contributed by atoms with Crippen LogP contribution in [0, 0.1) is 5.92 Å². The zero-order chi connectivity index (χ0) is 14.8. The summed E-state index contributed by atoms with van der Waals surface area (Å²) >= 11 is 0. The minimum Gasteiger partial charge on any atom is -0.349 e. The molecule has 0 bridgehead atoms. The monoisotopic (exact) mass is 286 g/mol. The number of alkyl halides is 3. The maximum atomic E-state index is 12.6. The Morgan fingerprint density at radius 1 is 1.45 bits per heavy atom. The van der Waals surface area contributed by atoms with E-state index in [9.17, 15) is 18.0 Å². The molecule has 1 aromatic carbocycles. The molecule has 20 heavy (non-hydrogen) atoms. The van der Waals surface area contributed by atoms with E-state index in [1.165, 1.54) is 6.07 Å². The van der Waals surface area contributed by atoms with Gasteiger partial charge >= 0.3 is 6.18 Å². The van der Waals surface area contributed by atoms with E-state index in [-0.39, 0.29) is 11.8 Å². The smallest absolute Gasteiger partial charge is 0.349 e. The number of rotatable bonds is 3. The van der Waals surface area contributed by atoms with E-state index in [0.29, 0.717) is 12.1 Å². The van der Waals surface area contributed by atoms with Gasteiger partial charge < -0.3 is 10.6 Å². The third-order valence-corrected chi connectivity index (χ3v) is 3.50. The van der Waals surface area contributed by atoms with Crippen LogP contribution in [0.5, 0.6) is 0 Å². The average Bonchev–Trinajstić information content (AvgIpc) is 2.91. The van der Waals surface area contributed by atoms with Gasteiger partial charge in [-0.05, 0) is 37.6 Å². The van der Waals surface area contributed by atoms with Crippen LogP contribution in [0.25, 0.3) is 0 Å². The van der Waals surface area contributed by atoms with Crippen LogP contribution in [-0.2, 0) is 11.0 Å². The second-order valence-electron chi connectivity index (χ2n) is 5.04. The number of amides is 1. The van der Waals surface area contributed by atoms with Gasteiger partial charge in [0.15, 0.2) is 0 Å². The number of carbonyl (C=O) groups is 1. The van der Waals surface area contributed by atoms with E-state index in [0.717, 1.165) is 25.1 Å². The summed E-state index contributed by atoms with van der Waals surface area (Å²) in [4.78, 5) is 11.9. The number of nitrogens with one attached hydrogen (secondary N) is 2. The van der Waals surface area contributed by atoms with Crippen LogP contribution in [0.15, 0.2) is 24.3 Å². The molecule has 110 valence electrons. The molecule has 3 nitrogen and oxygen atoms in total. The molecule has 2 unspecified atom stereocenters. The summed E-state index contributed by atoms with van der Waals surface area (Å²) in [6, 6.07) is 4.62. The van der Waals surface area contributed by atoms with Gasteiger partial charge in [0.1, 0.15) is 0 Å². The number of hydrogen-bond donors (Lipinski definition) is 2. The molecule has 1 aliphatic rings. The summed E-state index contributed by atoms with van der Waals surface area (Å²) in [5.74, 6) is -0.205. The fraction of sp³-hybridized carbons (Fsp3) is 0.500. The molecule has 1 amide bonds. The Hall–Kier alpha value is -1.56. The van der Waals surface area contributed by atoms with Crippen LogP contribution in [0.4, 0.5) is 13.2 Å². The maximum Gasteiger partial charge on any atom is 0.416 e. The highest BCUT2D eigenvalue weighted by molar-refractivity contribution is 5.79. The fourth-order valence-corrected chi connectivity index (χ4v) is 2.28. The first kappa shape index (κ1) is 14.8. The molecule has 2 atom stereocenters. The van der Waals surface area contributed by atoms with Crippen LogP contribution in [0.1, 0.15) is 30.5 Å². The highest BCUT2D eigenvalue weighted by Gasteiger charge is 2.31. The van der Waals surface area contributed by atoms with Gasteiger partial charge in [-0.3, -0.25) is 4.79 Å². The third kappa shape index (κ3) is 3.50. The lowest BCUT2D eigenvalue weighted by atomic mass is 10.0. The predicted octanol–water partition coefficient (Wildman–Crippen LogP) is 2.49. The summed E-state index contributed by atoms with van der Waals surface area (Å²) in [5.41, 5.74) is -0.238. The SMILES string of the molecule is CC(NC(=O)C1CCNC1)c1cccc(C(F)(F)F)c1. The van der Waals surface area contributed by atoms with E-state index in [4.69, 9.17) is 0 Å². The zero-order valence-corrected chi connectivity index (χ0v) is 11.1. The first-order chi connectivity index (χ1) is 9.38. The average molecular weight is 286 g/mol. The molecule has 1 aromatic rings. The van der Waals surface area contributed by atoms with Crippen LogP contribution in [-0.4, -0.2) is 19.0 Å². The van der Waals surface area contributed by atoms with Crippen molar-refractivity contribution in [3.05, 3.63) is 35.4 Å². The van der Waals surface area contributed by atoms with Crippen LogP contribution in [0.3, 0.4) is 0 Å². The van der Waals surface area contributed by atoms with Crippen molar-refractivity contribution < 1.29 is 18.0 Å². The molecule has 1 heterocycles. The van der Waals surface area contributed by atoms with E-state index < -0.39 is 17.8 Å². The minimum absolute atomic E-state index is 0.0942. The molecule has 1 fully saturated rings. The van der Waals surface area contributed by atoms with Gasteiger partial charge in [-0.2, -0.15) is 13.2 Å². The Balaban J connectivity index is 2.05. The van der Waals surface area contributed by atoms with Crippen molar-refractivity contribution in [2.75, 3.05) is 13.1 Å². The summed E-state index contributed by atoms with van der Waals surface area (Å²) in [7, 11) is 0. The Bertz CT molecular complexity index is 482. The number of benzene rings is 1. The van der Waals surface area contributed by atoms with Gasteiger partial charge in [-0.15, -0.1) is 0 Å². The van der Waals surface area contributed by atoms with Gasteiger partial charge in [-0.25, -0.2) is 0 Å². The highest BCUT2D eigenvalue weighted by atomic mass is 19.4. The Labute approximate surface area is 115 Å². The van der Waals surface area contributed by atoms with Crippen molar-refractivity contribution in [1.29, 1.82) is 0 Å². The highest BCUT2D eigenvalue weighted by Crippen LogP contribution is 2.30. The largest absolute Gasteiger partial charge is 0.416 e. The molecule has 0 spiro atoms.